The van der Waals surface area contributed by atoms with Crippen LogP contribution in [0.5, 0.6) is 5.88 Å². The molecule has 1 aromatic heterocycles. The Balaban J connectivity index is 1.65. The summed E-state index contributed by atoms with van der Waals surface area (Å²) < 4.78 is 28.1. The van der Waals surface area contributed by atoms with Crippen LogP contribution in [-0.2, 0) is 21.2 Å². The quantitative estimate of drug-likeness (QED) is 0.311. The summed E-state index contributed by atoms with van der Waals surface area (Å²) in [5.41, 5.74) is 3.09. The van der Waals surface area contributed by atoms with Crippen LogP contribution in [0.3, 0.4) is 0 Å². The molecule has 1 amide bonds. The molecule has 0 fully saturated rings. The SMILES string of the molecule is CCCc1ccc(S(=O)(=O)N(CC(=O)N=Nc2c(O)[nH]c3ccccc23)c2ccc(C)cc2)cc1. The van der Waals surface area contributed by atoms with Gasteiger partial charge in [-0.05, 0) is 49.2 Å². The fraction of sp³-hybridized carbons (Fsp3) is 0.192. The van der Waals surface area contributed by atoms with Crippen molar-refractivity contribution in [2.75, 3.05) is 10.8 Å². The molecule has 4 rings (SSSR count). The summed E-state index contributed by atoms with van der Waals surface area (Å²) in [7, 11) is -4.05. The van der Waals surface area contributed by atoms with Gasteiger partial charge in [0, 0.05) is 5.39 Å². The van der Waals surface area contributed by atoms with Crippen molar-refractivity contribution in [1.29, 1.82) is 0 Å². The minimum absolute atomic E-state index is 0.0805. The molecule has 4 aromatic rings. The minimum atomic E-state index is -4.05. The van der Waals surface area contributed by atoms with Crippen LogP contribution in [0.1, 0.15) is 24.5 Å². The normalized spacial score (nSPS) is 11.8. The van der Waals surface area contributed by atoms with Crippen LogP contribution in [-0.4, -0.2) is 31.0 Å². The van der Waals surface area contributed by atoms with Crippen LogP contribution in [0.4, 0.5) is 11.4 Å². The Morgan fingerprint density at radius 1 is 1.00 bits per heavy atom. The summed E-state index contributed by atoms with van der Waals surface area (Å²) in [6, 6.07) is 20.6. The number of aryl methyl sites for hydroxylation is 2. The number of benzene rings is 3. The number of rotatable bonds is 8. The number of aromatic nitrogens is 1. The topological polar surface area (TPSA) is 115 Å². The highest BCUT2D eigenvalue weighted by Crippen LogP contribution is 2.35. The molecule has 0 unspecified atom stereocenters. The highest BCUT2D eigenvalue weighted by Gasteiger charge is 2.27. The lowest BCUT2D eigenvalue weighted by Gasteiger charge is -2.23. The van der Waals surface area contributed by atoms with Gasteiger partial charge in [-0.15, -0.1) is 10.2 Å². The van der Waals surface area contributed by atoms with Gasteiger partial charge in [0.2, 0.25) is 5.88 Å². The molecule has 0 aliphatic carbocycles. The number of nitrogens with one attached hydrogen (secondary N) is 1. The molecule has 0 radical (unpaired) electrons. The van der Waals surface area contributed by atoms with E-state index in [-0.39, 0.29) is 16.5 Å². The molecular formula is C26H26N4O4S. The Morgan fingerprint density at radius 2 is 1.69 bits per heavy atom. The highest BCUT2D eigenvalue weighted by atomic mass is 32.2. The largest absolute Gasteiger partial charge is 0.493 e. The molecule has 1 heterocycles. The van der Waals surface area contributed by atoms with E-state index in [1.165, 1.54) is 0 Å². The van der Waals surface area contributed by atoms with Crippen molar-refractivity contribution in [3.63, 3.8) is 0 Å². The maximum absolute atomic E-state index is 13.5. The number of amides is 1. The van der Waals surface area contributed by atoms with Gasteiger partial charge in [0.15, 0.2) is 5.69 Å². The van der Waals surface area contributed by atoms with E-state index in [1.54, 1.807) is 72.8 Å². The van der Waals surface area contributed by atoms with Crippen LogP contribution < -0.4 is 4.31 Å². The number of azo groups is 1. The number of aromatic hydroxyl groups is 1. The maximum atomic E-state index is 13.5. The van der Waals surface area contributed by atoms with Gasteiger partial charge in [0.25, 0.3) is 15.9 Å². The number of carbonyl (C=O) groups is 1. The lowest BCUT2D eigenvalue weighted by Crippen LogP contribution is -2.35. The zero-order valence-corrected chi connectivity index (χ0v) is 20.3. The Hall–Kier alpha value is -3.98. The number of fused-ring (bicyclic) bond motifs is 1. The molecule has 0 aliphatic heterocycles. The second-order valence-corrected chi connectivity index (χ2v) is 10.1. The fourth-order valence-corrected chi connectivity index (χ4v) is 5.16. The second kappa shape index (κ2) is 10.1. The van der Waals surface area contributed by atoms with E-state index in [2.05, 4.69) is 22.1 Å². The number of nitrogens with zero attached hydrogens (tertiary/aromatic N) is 3. The maximum Gasteiger partial charge on any atom is 0.285 e. The Morgan fingerprint density at radius 3 is 2.37 bits per heavy atom. The highest BCUT2D eigenvalue weighted by molar-refractivity contribution is 7.92. The van der Waals surface area contributed by atoms with E-state index < -0.39 is 22.5 Å². The Labute approximate surface area is 204 Å². The van der Waals surface area contributed by atoms with Crippen LogP contribution >= 0.6 is 0 Å². The summed E-state index contributed by atoms with van der Waals surface area (Å²) in [5, 5.41) is 18.4. The van der Waals surface area contributed by atoms with Crippen molar-refractivity contribution in [3.8, 4) is 5.88 Å². The first-order chi connectivity index (χ1) is 16.8. The average molecular weight is 491 g/mol. The summed E-state index contributed by atoms with van der Waals surface area (Å²) in [6.45, 7) is 3.40. The van der Waals surface area contributed by atoms with E-state index in [4.69, 9.17) is 0 Å². The number of hydrogen-bond donors (Lipinski definition) is 2. The fourth-order valence-electron chi connectivity index (χ4n) is 3.74. The lowest BCUT2D eigenvalue weighted by atomic mass is 10.1. The number of H-pyrrole nitrogens is 1. The van der Waals surface area contributed by atoms with Crippen LogP contribution in [0.2, 0.25) is 0 Å². The molecule has 3 aromatic carbocycles. The minimum Gasteiger partial charge on any atom is -0.493 e. The van der Waals surface area contributed by atoms with Gasteiger partial charge >= 0.3 is 0 Å². The van der Waals surface area contributed by atoms with Gasteiger partial charge in [-0.2, -0.15) is 0 Å². The van der Waals surface area contributed by atoms with E-state index in [0.29, 0.717) is 16.6 Å². The molecule has 0 bridgehead atoms. The number of anilines is 1. The number of hydrogen-bond acceptors (Lipinski definition) is 5. The van der Waals surface area contributed by atoms with E-state index in [9.17, 15) is 18.3 Å². The Kier molecular flexibility index (Phi) is 6.97. The molecule has 8 nitrogen and oxygen atoms in total. The monoisotopic (exact) mass is 490 g/mol. The zero-order valence-electron chi connectivity index (χ0n) is 19.5. The molecule has 2 N–H and O–H groups in total. The molecule has 0 saturated heterocycles. The Bertz CT molecular complexity index is 1470. The molecule has 35 heavy (non-hydrogen) atoms. The van der Waals surface area contributed by atoms with Gasteiger partial charge in [-0.25, -0.2) is 8.42 Å². The number of sulfonamides is 1. The van der Waals surface area contributed by atoms with Crippen LogP contribution in [0.15, 0.2) is 87.9 Å². The van der Waals surface area contributed by atoms with Crippen molar-refractivity contribution >= 4 is 38.2 Å². The molecule has 0 atom stereocenters. The summed E-state index contributed by atoms with van der Waals surface area (Å²) >= 11 is 0. The number of carbonyl (C=O) groups excluding carboxylic acids is 1. The second-order valence-electron chi connectivity index (χ2n) is 8.20. The summed E-state index contributed by atoms with van der Waals surface area (Å²) in [6.07, 6.45) is 1.80. The summed E-state index contributed by atoms with van der Waals surface area (Å²) in [4.78, 5) is 15.6. The first kappa shape index (κ1) is 24.2. The van der Waals surface area contributed by atoms with E-state index in [1.807, 2.05) is 6.92 Å². The van der Waals surface area contributed by atoms with Gasteiger partial charge < -0.3 is 10.1 Å². The van der Waals surface area contributed by atoms with Crippen LogP contribution in [0, 0.1) is 6.92 Å². The first-order valence-corrected chi connectivity index (χ1v) is 12.7. The third-order valence-corrected chi connectivity index (χ3v) is 7.36. The summed E-state index contributed by atoms with van der Waals surface area (Å²) in [5.74, 6) is -1.00. The molecular weight excluding hydrogens is 464 g/mol. The number of para-hydroxylation sites is 1. The van der Waals surface area contributed by atoms with E-state index >= 15 is 0 Å². The van der Waals surface area contributed by atoms with Gasteiger partial charge in [0.1, 0.15) is 6.54 Å². The molecule has 0 saturated carbocycles. The molecule has 180 valence electrons. The van der Waals surface area contributed by atoms with Crippen molar-refractivity contribution in [2.24, 2.45) is 10.2 Å². The predicted octanol–water partition coefficient (Wildman–Crippen LogP) is 5.64. The van der Waals surface area contributed by atoms with Gasteiger partial charge in [-0.3, -0.25) is 9.10 Å². The third-order valence-electron chi connectivity index (χ3n) is 5.57. The van der Waals surface area contributed by atoms with Crippen molar-refractivity contribution in [1.82, 2.24) is 4.98 Å². The van der Waals surface area contributed by atoms with Crippen molar-refractivity contribution < 1.29 is 18.3 Å². The van der Waals surface area contributed by atoms with Gasteiger partial charge in [0.05, 0.1) is 16.1 Å². The predicted molar refractivity (Wildman–Crippen MR) is 136 cm³/mol. The number of aromatic amines is 1. The molecule has 9 heteroatoms. The van der Waals surface area contributed by atoms with Crippen molar-refractivity contribution in [3.05, 3.63) is 83.9 Å². The zero-order chi connectivity index (χ0) is 25.0. The standard InChI is InChI=1S/C26H26N4O4S/c1-3-6-19-11-15-21(16-12-19)35(33,34)30(20-13-9-18(2)10-14-20)17-24(31)28-29-25-22-7-4-5-8-23(22)27-26(25)32/h4-5,7-16,27,32H,3,6,17H2,1-2H3. The average Bonchev–Trinajstić information content (AvgIpc) is 3.17. The van der Waals surface area contributed by atoms with Crippen LogP contribution in [0.25, 0.3) is 10.9 Å². The van der Waals surface area contributed by atoms with E-state index in [0.717, 1.165) is 28.3 Å². The van der Waals surface area contributed by atoms with Gasteiger partial charge in [-0.1, -0.05) is 61.4 Å². The molecule has 0 spiro atoms. The molecule has 0 aliphatic rings. The third kappa shape index (κ3) is 5.25. The lowest BCUT2D eigenvalue weighted by molar-refractivity contribution is -0.116. The smallest absolute Gasteiger partial charge is 0.285 e. The van der Waals surface area contributed by atoms with Crippen molar-refractivity contribution in [2.45, 2.75) is 31.6 Å². The first-order valence-electron chi connectivity index (χ1n) is 11.2.